The van der Waals surface area contributed by atoms with Crippen LogP contribution in [0.25, 0.3) is 11.3 Å². The molecule has 1 heterocycles. The summed E-state index contributed by atoms with van der Waals surface area (Å²) in [5.74, 6) is -1.29. The van der Waals surface area contributed by atoms with E-state index in [2.05, 4.69) is 15.4 Å². The molecule has 0 aliphatic carbocycles. The number of rotatable bonds is 4. The van der Waals surface area contributed by atoms with Gasteiger partial charge < -0.3 is 9.84 Å². The maximum Gasteiger partial charge on any atom is 0.361 e. The van der Waals surface area contributed by atoms with Crippen molar-refractivity contribution in [2.45, 2.75) is 20.8 Å². The van der Waals surface area contributed by atoms with Crippen LogP contribution in [0.3, 0.4) is 0 Å². The van der Waals surface area contributed by atoms with Gasteiger partial charge in [0.2, 0.25) is 5.75 Å². The lowest BCUT2D eigenvalue weighted by Crippen LogP contribution is -2.07. The molecule has 0 unspecified atom stereocenters. The van der Waals surface area contributed by atoms with Crippen molar-refractivity contribution in [2.24, 2.45) is 0 Å². The Balaban J connectivity index is 2.67. The lowest BCUT2D eigenvalue weighted by molar-refractivity contribution is -0.386. The van der Waals surface area contributed by atoms with Crippen LogP contribution in [0, 0.1) is 24.0 Å². The lowest BCUT2D eigenvalue weighted by atomic mass is 9.99. The van der Waals surface area contributed by atoms with Gasteiger partial charge in [-0.25, -0.2) is 4.79 Å². The van der Waals surface area contributed by atoms with Gasteiger partial charge in [0.1, 0.15) is 5.69 Å². The highest BCUT2D eigenvalue weighted by Gasteiger charge is 2.28. The maximum absolute atomic E-state index is 11.8. The number of nitro benzene ring substituents is 1. The number of benzene rings is 1. The van der Waals surface area contributed by atoms with Crippen molar-refractivity contribution in [1.82, 2.24) is 15.4 Å². The summed E-state index contributed by atoms with van der Waals surface area (Å²) >= 11 is 0. The van der Waals surface area contributed by atoms with Crippen LogP contribution in [0.2, 0.25) is 0 Å². The minimum Gasteiger partial charge on any atom is -0.502 e. The normalized spacial score (nSPS) is 10.5. The first kappa shape index (κ1) is 15.4. The molecule has 0 radical (unpaired) electrons. The number of aromatic nitrogens is 3. The number of phenols is 1. The summed E-state index contributed by atoms with van der Waals surface area (Å²) in [7, 11) is 0. The van der Waals surface area contributed by atoms with Crippen molar-refractivity contribution in [3.8, 4) is 17.0 Å². The van der Waals surface area contributed by atoms with E-state index in [-0.39, 0.29) is 23.6 Å². The molecule has 0 saturated carbocycles. The van der Waals surface area contributed by atoms with E-state index in [0.717, 1.165) is 0 Å². The number of ether oxygens (including phenoxy) is 1. The van der Waals surface area contributed by atoms with Crippen LogP contribution in [-0.4, -0.2) is 38.0 Å². The Morgan fingerprint density at radius 3 is 2.73 bits per heavy atom. The quantitative estimate of drug-likeness (QED) is 0.500. The predicted octanol–water partition coefficient (Wildman–Crippen LogP) is 1.88. The summed E-state index contributed by atoms with van der Waals surface area (Å²) in [6.07, 6.45) is 0. The molecule has 0 bridgehead atoms. The van der Waals surface area contributed by atoms with Gasteiger partial charge in [0.15, 0.2) is 5.69 Å². The average Bonchev–Trinajstić information content (AvgIpc) is 2.92. The SMILES string of the molecule is CCOC(=O)c1n[nH]nc1-c1cc(C)c(C)c([N+](=O)[O-])c1O. The molecule has 0 fully saturated rings. The predicted molar refractivity (Wildman–Crippen MR) is 75.6 cm³/mol. The number of esters is 1. The number of hydrogen-bond donors (Lipinski definition) is 2. The number of carbonyl (C=O) groups is 1. The first-order valence-corrected chi connectivity index (χ1v) is 6.44. The molecular formula is C13H14N4O5. The number of H-pyrrole nitrogens is 1. The molecule has 1 aromatic heterocycles. The molecule has 0 amide bonds. The second-order valence-corrected chi connectivity index (χ2v) is 4.56. The number of hydrogen-bond acceptors (Lipinski definition) is 7. The molecule has 9 nitrogen and oxygen atoms in total. The molecule has 0 spiro atoms. The van der Waals surface area contributed by atoms with Crippen molar-refractivity contribution >= 4 is 11.7 Å². The molecule has 0 aliphatic rings. The number of phenolic OH excluding ortho intramolecular Hbond substituents is 1. The highest BCUT2D eigenvalue weighted by atomic mass is 16.6. The van der Waals surface area contributed by atoms with E-state index in [1.54, 1.807) is 13.8 Å². The summed E-state index contributed by atoms with van der Waals surface area (Å²) in [5, 5.41) is 31.1. The topological polar surface area (TPSA) is 131 Å². The Morgan fingerprint density at radius 1 is 1.45 bits per heavy atom. The number of aryl methyl sites for hydroxylation is 1. The van der Waals surface area contributed by atoms with Gasteiger partial charge in [-0.05, 0) is 32.4 Å². The van der Waals surface area contributed by atoms with Crippen molar-refractivity contribution in [2.75, 3.05) is 6.61 Å². The van der Waals surface area contributed by atoms with E-state index in [9.17, 15) is 20.0 Å². The molecule has 22 heavy (non-hydrogen) atoms. The van der Waals surface area contributed by atoms with Crippen molar-refractivity contribution < 1.29 is 19.6 Å². The third kappa shape index (κ3) is 2.48. The second-order valence-electron chi connectivity index (χ2n) is 4.56. The Kier molecular flexibility index (Phi) is 4.06. The molecular weight excluding hydrogens is 292 g/mol. The zero-order chi connectivity index (χ0) is 16.4. The fraction of sp³-hybridized carbons (Fsp3) is 0.308. The first-order chi connectivity index (χ1) is 10.4. The molecule has 116 valence electrons. The number of nitrogens with one attached hydrogen (secondary N) is 1. The number of aromatic hydroxyl groups is 1. The zero-order valence-corrected chi connectivity index (χ0v) is 12.2. The average molecular weight is 306 g/mol. The standard InChI is InChI=1S/C13H14N4O5/c1-4-22-13(19)10-9(14-16-15-10)8-5-6(2)7(3)11(12(8)18)17(20)21/h5,18H,4H2,1-3H3,(H,14,15,16). The van der Waals surface area contributed by atoms with Gasteiger partial charge in [-0.15, -0.1) is 5.10 Å². The Morgan fingerprint density at radius 2 is 2.14 bits per heavy atom. The van der Waals surface area contributed by atoms with E-state index in [4.69, 9.17) is 4.74 Å². The number of carbonyl (C=O) groups excluding carboxylic acids is 1. The minimum absolute atomic E-state index is 0.00199. The van der Waals surface area contributed by atoms with Crippen LogP contribution < -0.4 is 0 Å². The van der Waals surface area contributed by atoms with Gasteiger partial charge in [-0.2, -0.15) is 10.3 Å². The summed E-state index contributed by atoms with van der Waals surface area (Å²) in [4.78, 5) is 22.3. The van der Waals surface area contributed by atoms with Crippen LogP contribution in [0.4, 0.5) is 5.69 Å². The fourth-order valence-electron chi connectivity index (χ4n) is 2.05. The van der Waals surface area contributed by atoms with Gasteiger partial charge in [-0.3, -0.25) is 10.1 Å². The molecule has 2 aromatic rings. The highest BCUT2D eigenvalue weighted by molar-refractivity contribution is 5.95. The molecule has 0 atom stereocenters. The summed E-state index contributed by atoms with van der Waals surface area (Å²) in [5.41, 5.74) is 0.404. The van der Waals surface area contributed by atoms with Crippen molar-refractivity contribution in [3.63, 3.8) is 0 Å². The molecule has 9 heteroatoms. The van der Waals surface area contributed by atoms with Crippen LogP contribution in [0.1, 0.15) is 28.5 Å². The molecule has 2 N–H and O–H groups in total. The van der Waals surface area contributed by atoms with E-state index in [1.165, 1.54) is 13.0 Å². The van der Waals surface area contributed by atoms with Gasteiger partial charge in [-0.1, -0.05) is 0 Å². The number of nitro groups is 1. The van der Waals surface area contributed by atoms with E-state index < -0.39 is 22.3 Å². The maximum atomic E-state index is 11.8. The summed E-state index contributed by atoms with van der Waals surface area (Å²) in [6, 6.07) is 1.51. The highest BCUT2D eigenvalue weighted by Crippen LogP contribution is 2.40. The fourth-order valence-corrected chi connectivity index (χ4v) is 2.05. The molecule has 0 aliphatic heterocycles. The smallest absolute Gasteiger partial charge is 0.361 e. The van der Waals surface area contributed by atoms with Gasteiger partial charge in [0.05, 0.1) is 17.1 Å². The van der Waals surface area contributed by atoms with E-state index >= 15 is 0 Å². The molecule has 0 saturated heterocycles. The van der Waals surface area contributed by atoms with Gasteiger partial charge in [0.25, 0.3) is 0 Å². The van der Waals surface area contributed by atoms with Crippen LogP contribution in [0.5, 0.6) is 5.75 Å². The molecule has 2 rings (SSSR count). The zero-order valence-electron chi connectivity index (χ0n) is 12.2. The monoisotopic (exact) mass is 306 g/mol. The third-order valence-electron chi connectivity index (χ3n) is 3.24. The number of nitrogens with zero attached hydrogens (tertiary/aromatic N) is 3. The molecule has 1 aromatic carbocycles. The van der Waals surface area contributed by atoms with Crippen LogP contribution in [-0.2, 0) is 4.74 Å². The lowest BCUT2D eigenvalue weighted by Gasteiger charge is -2.09. The Hall–Kier alpha value is -2.97. The van der Waals surface area contributed by atoms with Crippen molar-refractivity contribution in [3.05, 3.63) is 33.0 Å². The summed E-state index contributed by atoms with van der Waals surface area (Å²) in [6.45, 7) is 4.97. The second kappa shape index (κ2) is 5.80. The minimum atomic E-state index is -0.730. The van der Waals surface area contributed by atoms with Crippen LogP contribution >= 0.6 is 0 Å². The summed E-state index contributed by atoms with van der Waals surface area (Å²) < 4.78 is 4.84. The van der Waals surface area contributed by atoms with E-state index in [1.807, 2.05) is 0 Å². The van der Waals surface area contributed by atoms with E-state index in [0.29, 0.717) is 11.1 Å². The van der Waals surface area contributed by atoms with Crippen LogP contribution in [0.15, 0.2) is 6.07 Å². The Labute approximate surface area is 125 Å². The third-order valence-corrected chi connectivity index (χ3v) is 3.24. The van der Waals surface area contributed by atoms with Gasteiger partial charge in [0, 0.05) is 5.56 Å². The Bertz CT molecular complexity index is 753. The van der Waals surface area contributed by atoms with Gasteiger partial charge >= 0.3 is 11.7 Å². The first-order valence-electron chi connectivity index (χ1n) is 6.44. The van der Waals surface area contributed by atoms with Crippen molar-refractivity contribution in [1.29, 1.82) is 0 Å². The number of aromatic amines is 1. The largest absolute Gasteiger partial charge is 0.502 e.